The van der Waals surface area contributed by atoms with E-state index >= 15 is 0 Å². The highest BCUT2D eigenvalue weighted by molar-refractivity contribution is 7.92. The highest BCUT2D eigenvalue weighted by atomic mass is 35.5. The van der Waals surface area contributed by atoms with Crippen LogP contribution in [-0.4, -0.2) is 44.8 Å². The van der Waals surface area contributed by atoms with Crippen molar-refractivity contribution in [3.63, 3.8) is 0 Å². The first kappa shape index (κ1) is 31.0. The van der Waals surface area contributed by atoms with Gasteiger partial charge < -0.3 is 10.2 Å². The Balaban J connectivity index is 2.15. The number of halogens is 4. The second kappa shape index (κ2) is 12.7. The minimum atomic E-state index is -4.87. The molecular formula is C28H29ClF3N3O4S. The van der Waals surface area contributed by atoms with Crippen molar-refractivity contribution in [2.24, 2.45) is 0 Å². The first-order chi connectivity index (χ1) is 18.8. The monoisotopic (exact) mass is 595 g/mol. The van der Waals surface area contributed by atoms with Crippen LogP contribution in [0.5, 0.6) is 0 Å². The number of hydrogen-bond acceptors (Lipinski definition) is 4. The Bertz CT molecular complexity index is 1470. The molecule has 40 heavy (non-hydrogen) atoms. The summed E-state index contributed by atoms with van der Waals surface area (Å²) in [5, 5.41) is 1.90. The number of carbonyl (C=O) groups excluding carboxylic acids is 2. The largest absolute Gasteiger partial charge is 0.417 e. The molecule has 0 aromatic heterocycles. The molecule has 3 aromatic rings. The number of amides is 2. The van der Waals surface area contributed by atoms with Gasteiger partial charge in [0, 0.05) is 13.6 Å². The van der Waals surface area contributed by atoms with Crippen LogP contribution in [-0.2, 0) is 32.3 Å². The van der Waals surface area contributed by atoms with Gasteiger partial charge in [0.15, 0.2) is 0 Å². The Labute approximate surface area is 236 Å². The maximum Gasteiger partial charge on any atom is 0.417 e. The van der Waals surface area contributed by atoms with Gasteiger partial charge in [-0.05, 0) is 54.8 Å². The molecule has 0 bridgehead atoms. The maximum atomic E-state index is 13.9. The maximum absolute atomic E-state index is 13.9. The molecular weight excluding hydrogens is 567 g/mol. The Morgan fingerprint density at radius 3 is 2.20 bits per heavy atom. The number of sulfonamides is 1. The summed E-state index contributed by atoms with van der Waals surface area (Å²) in [4.78, 5) is 27.7. The molecule has 0 aliphatic rings. The standard InChI is InChI=1S/C28H29ClF3N3O4S/c1-4-25(27(37)33-3)34(17-20-11-9-8-10-19(20)2)26(36)18-35(40(38,39)22-12-6-5-7-13-22)21-14-15-24(29)23(16-21)28(30,31)32/h5-16,25H,4,17-18H2,1-3H3,(H,33,37). The minimum absolute atomic E-state index is 0.0227. The SMILES string of the molecule is CCC(C(=O)NC)N(Cc1ccccc1C)C(=O)CN(c1ccc(Cl)c(C(F)(F)F)c1)S(=O)(=O)c1ccccc1. The first-order valence-corrected chi connectivity index (χ1v) is 14.1. The van der Waals surface area contributed by atoms with Crippen LogP contribution in [0.4, 0.5) is 18.9 Å². The summed E-state index contributed by atoms with van der Waals surface area (Å²) in [5.41, 5.74) is -0.0893. The smallest absolute Gasteiger partial charge is 0.357 e. The van der Waals surface area contributed by atoms with E-state index in [9.17, 15) is 31.2 Å². The zero-order chi connectivity index (χ0) is 29.7. The lowest BCUT2D eigenvalue weighted by Gasteiger charge is -2.33. The van der Waals surface area contributed by atoms with Crippen LogP contribution in [0.1, 0.15) is 30.0 Å². The van der Waals surface area contributed by atoms with Crippen LogP contribution in [0, 0.1) is 6.92 Å². The second-order valence-electron chi connectivity index (χ2n) is 8.97. The molecule has 2 amide bonds. The Hall–Kier alpha value is -3.57. The normalized spacial score (nSPS) is 12.5. The van der Waals surface area contributed by atoms with Crippen molar-refractivity contribution < 1.29 is 31.2 Å². The van der Waals surface area contributed by atoms with Crippen molar-refractivity contribution >= 4 is 39.1 Å². The molecule has 12 heteroatoms. The fourth-order valence-corrected chi connectivity index (χ4v) is 5.84. The lowest BCUT2D eigenvalue weighted by molar-refractivity contribution is -0.140. The fraction of sp³-hybridized carbons (Fsp3) is 0.286. The highest BCUT2D eigenvalue weighted by Crippen LogP contribution is 2.38. The lowest BCUT2D eigenvalue weighted by atomic mass is 10.1. The number of anilines is 1. The Kier molecular flexibility index (Phi) is 9.86. The lowest BCUT2D eigenvalue weighted by Crippen LogP contribution is -2.51. The molecule has 1 N–H and O–H groups in total. The van der Waals surface area contributed by atoms with E-state index in [-0.39, 0.29) is 17.9 Å². The topological polar surface area (TPSA) is 86.8 Å². The van der Waals surface area contributed by atoms with Gasteiger partial charge in [-0.25, -0.2) is 8.42 Å². The highest BCUT2D eigenvalue weighted by Gasteiger charge is 2.37. The number of hydrogen-bond donors (Lipinski definition) is 1. The molecule has 1 atom stereocenters. The van der Waals surface area contributed by atoms with Gasteiger partial charge in [0.1, 0.15) is 12.6 Å². The van der Waals surface area contributed by atoms with Gasteiger partial charge in [-0.15, -0.1) is 0 Å². The number of rotatable bonds is 10. The third kappa shape index (κ3) is 6.95. The number of benzene rings is 3. The molecule has 0 saturated carbocycles. The number of aryl methyl sites for hydroxylation is 1. The third-order valence-electron chi connectivity index (χ3n) is 6.39. The molecule has 1 unspecified atom stereocenters. The molecule has 3 aromatic carbocycles. The molecule has 0 fully saturated rings. The average molecular weight is 596 g/mol. The quantitative estimate of drug-likeness (QED) is 0.339. The molecule has 3 rings (SSSR count). The van der Waals surface area contributed by atoms with Crippen LogP contribution >= 0.6 is 11.6 Å². The van der Waals surface area contributed by atoms with Crippen molar-refractivity contribution in [2.45, 2.75) is 43.9 Å². The van der Waals surface area contributed by atoms with Crippen LogP contribution in [0.2, 0.25) is 5.02 Å². The molecule has 0 aliphatic heterocycles. The van der Waals surface area contributed by atoms with E-state index in [0.29, 0.717) is 10.4 Å². The third-order valence-corrected chi connectivity index (χ3v) is 8.51. The van der Waals surface area contributed by atoms with Gasteiger partial charge in [0.25, 0.3) is 10.0 Å². The van der Waals surface area contributed by atoms with Crippen LogP contribution in [0.3, 0.4) is 0 Å². The van der Waals surface area contributed by atoms with E-state index < -0.39 is 56.9 Å². The van der Waals surface area contributed by atoms with E-state index in [1.165, 1.54) is 36.2 Å². The summed E-state index contributed by atoms with van der Waals surface area (Å²) in [6.45, 7) is 2.64. The second-order valence-corrected chi connectivity index (χ2v) is 11.2. The van der Waals surface area contributed by atoms with Gasteiger partial charge >= 0.3 is 6.18 Å². The summed E-state index contributed by atoms with van der Waals surface area (Å²) >= 11 is 5.78. The minimum Gasteiger partial charge on any atom is -0.357 e. The van der Waals surface area contributed by atoms with E-state index in [0.717, 1.165) is 23.3 Å². The van der Waals surface area contributed by atoms with E-state index in [1.807, 2.05) is 19.1 Å². The summed E-state index contributed by atoms with van der Waals surface area (Å²) < 4.78 is 69.2. The first-order valence-electron chi connectivity index (χ1n) is 12.3. The molecule has 214 valence electrons. The predicted octanol–water partition coefficient (Wildman–Crippen LogP) is 5.42. The number of likely N-dealkylation sites (N-methyl/N-ethyl adjacent to an activating group) is 1. The van der Waals surface area contributed by atoms with E-state index in [2.05, 4.69) is 5.32 Å². The average Bonchev–Trinajstić information content (AvgIpc) is 2.92. The van der Waals surface area contributed by atoms with Gasteiger partial charge in [0.2, 0.25) is 11.8 Å². The van der Waals surface area contributed by atoms with Crippen molar-refractivity contribution in [2.75, 3.05) is 17.9 Å². The molecule has 7 nitrogen and oxygen atoms in total. The molecule has 0 aliphatic carbocycles. The van der Waals surface area contributed by atoms with Crippen LogP contribution in [0.15, 0.2) is 77.7 Å². The molecule has 0 radical (unpaired) electrons. The zero-order valence-electron chi connectivity index (χ0n) is 22.1. The van der Waals surface area contributed by atoms with E-state index in [4.69, 9.17) is 11.6 Å². The summed E-state index contributed by atoms with van der Waals surface area (Å²) in [7, 11) is -3.11. The van der Waals surface area contributed by atoms with Gasteiger partial charge in [0.05, 0.1) is 21.2 Å². The van der Waals surface area contributed by atoms with Crippen molar-refractivity contribution in [3.05, 3.63) is 94.5 Å². The van der Waals surface area contributed by atoms with Gasteiger partial charge in [-0.3, -0.25) is 13.9 Å². The molecule has 0 saturated heterocycles. The Morgan fingerprint density at radius 1 is 1.00 bits per heavy atom. The number of nitrogens with one attached hydrogen (secondary N) is 1. The predicted molar refractivity (Wildman–Crippen MR) is 147 cm³/mol. The molecule has 0 spiro atoms. The number of alkyl halides is 3. The zero-order valence-corrected chi connectivity index (χ0v) is 23.6. The number of nitrogens with zero attached hydrogens (tertiary/aromatic N) is 2. The van der Waals surface area contributed by atoms with Gasteiger partial charge in [-0.1, -0.05) is 61.0 Å². The van der Waals surface area contributed by atoms with Crippen molar-refractivity contribution in [1.29, 1.82) is 0 Å². The van der Waals surface area contributed by atoms with Crippen LogP contribution < -0.4 is 9.62 Å². The summed E-state index contributed by atoms with van der Waals surface area (Å²) in [6.07, 6.45) is -4.66. The van der Waals surface area contributed by atoms with E-state index in [1.54, 1.807) is 25.1 Å². The molecule has 0 heterocycles. The Morgan fingerprint density at radius 2 is 1.62 bits per heavy atom. The summed E-state index contributed by atoms with van der Waals surface area (Å²) in [6, 6.07) is 15.9. The van der Waals surface area contributed by atoms with Gasteiger partial charge in [-0.2, -0.15) is 13.2 Å². The number of carbonyl (C=O) groups is 2. The summed E-state index contributed by atoms with van der Waals surface area (Å²) in [5.74, 6) is -1.24. The fourth-order valence-electron chi connectivity index (χ4n) is 4.19. The van der Waals surface area contributed by atoms with Crippen LogP contribution in [0.25, 0.3) is 0 Å². The van der Waals surface area contributed by atoms with Crippen molar-refractivity contribution in [1.82, 2.24) is 10.2 Å². The van der Waals surface area contributed by atoms with Crippen molar-refractivity contribution in [3.8, 4) is 0 Å².